The van der Waals surface area contributed by atoms with Gasteiger partial charge in [0.05, 0.1) is 26.4 Å². The van der Waals surface area contributed by atoms with Gasteiger partial charge in [-0.1, -0.05) is 36.9 Å². The number of hydrogen-bond donors (Lipinski definition) is 1. The second kappa shape index (κ2) is 13.7. The Morgan fingerprint density at radius 1 is 0.771 bits per heavy atom. The molecule has 3 aromatic carbocycles. The van der Waals surface area contributed by atoms with Gasteiger partial charge in [0.2, 0.25) is 0 Å². The predicted octanol–water partition coefficient (Wildman–Crippen LogP) is 4.87. The van der Waals surface area contributed by atoms with E-state index in [-0.39, 0.29) is 13.2 Å². The van der Waals surface area contributed by atoms with Crippen molar-refractivity contribution in [1.29, 1.82) is 0 Å². The van der Waals surface area contributed by atoms with E-state index in [0.29, 0.717) is 37.7 Å². The lowest BCUT2D eigenvalue weighted by molar-refractivity contribution is -0.140. The minimum atomic E-state index is -0.562. The summed E-state index contributed by atoms with van der Waals surface area (Å²) in [5.41, 5.74) is 0.350. The molecule has 1 N–H and O–H groups in total. The summed E-state index contributed by atoms with van der Waals surface area (Å²) in [5, 5.41) is 4.53. The van der Waals surface area contributed by atoms with Crippen LogP contribution in [0.25, 0.3) is 10.8 Å². The maximum absolute atomic E-state index is 12.0. The molecule has 0 aliphatic carbocycles. The second-order valence-electron chi connectivity index (χ2n) is 7.54. The van der Waals surface area contributed by atoms with Crippen LogP contribution >= 0.6 is 0 Å². The van der Waals surface area contributed by atoms with Gasteiger partial charge in [-0.15, -0.1) is 0 Å². The van der Waals surface area contributed by atoms with Crippen LogP contribution in [0.2, 0.25) is 0 Å². The molecule has 0 atom stereocenters. The van der Waals surface area contributed by atoms with Crippen LogP contribution in [0, 0.1) is 0 Å². The molecule has 0 radical (unpaired) electrons. The molecule has 0 heterocycles. The minimum absolute atomic E-state index is 0.163. The highest BCUT2D eigenvalue weighted by atomic mass is 16.6. The van der Waals surface area contributed by atoms with Gasteiger partial charge >= 0.3 is 12.1 Å². The van der Waals surface area contributed by atoms with E-state index in [0.717, 1.165) is 22.3 Å². The van der Waals surface area contributed by atoms with Gasteiger partial charge < -0.3 is 29.0 Å². The van der Waals surface area contributed by atoms with Crippen LogP contribution < -0.4 is 14.8 Å². The molecule has 0 fully saturated rings. The lowest BCUT2D eigenvalue weighted by atomic mass is 10.1. The van der Waals surface area contributed by atoms with E-state index in [4.69, 9.17) is 23.7 Å². The molecule has 35 heavy (non-hydrogen) atoms. The molecule has 0 aliphatic rings. The Morgan fingerprint density at radius 3 is 2.11 bits per heavy atom. The van der Waals surface area contributed by atoms with Gasteiger partial charge in [0.25, 0.3) is 0 Å². The number of rotatable bonds is 13. The fraction of sp³-hybridized carbons (Fsp3) is 0.259. The number of benzene rings is 3. The average molecular weight is 480 g/mol. The van der Waals surface area contributed by atoms with Crippen LogP contribution in [0.5, 0.6) is 17.2 Å². The number of para-hydroxylation sites is 1. The van der Waals surface area contributed by atoms with Crippen LogP contribution in [-0.4, -0.2) is 51.6 Å². The smallest absolute Gasteiger partial charge is 0.412 e. The summed E-state index contributed by atoms with van der Waals surface area (Å²) >= 11 is 0. The Balaban J connectivity index is 1.31. The van der Waals surface area contributed by atoms with Gasteiger partial charge in [-0.2, -0.15) is 0 Å². The number of amides is 1. The van der Waals surface area contributed by atoms with E-state index in [1.165, 1.54) is 0 Å². The minimum Gasteiger partial charge on any atom is -0.460 e. The van der Waals surface area contributed by atoms with Crippen LogP contribution in [0.15, 0.2) is 78.9 Å². The standard InChI is InChI=1S/C27H29NO7/c1-20(2)26(29)33-17-16-32-15-14-31-13-12-28-27(30)35-25-11-9-21-18-24(10-8-22(21)19-25)34-23-6-4-3-5-7-23/h3-11,18-19H,1,12-17H2,2H3,(H,28,30). The van der Waals surface area contributed by atoms with Crippen LogP contribution in [0.3, 0.4) is 0 Å². The van der Waals surface area contributed by atoms with E-state index in [2.05, 4.69) is 11.9 Å². The number of fused-ring (bicyclic) bond motifs is 1. The van der Waals surface area contributed by atoms with Crippen molar-refractivity contribution < 1.29 is 33.3 Å². The van der Waals surface area contributed by atoms with Gasteiger partial charge in [0.1, 0.15) is 23.9 Å². The van der Waals surface area contributed by atoms with Crippen molar-refractivity contribution in [2.24, 2.45) is 0 Å². The zero-order valence-corrected chi connectivity index (χ0v) is 19.7. The lowest BCUT2D eigenvalue weighted by Crippen LogP contribution is -2.30. The van der Waals surface area contributed by atoms with Crippen molar-refractivity contribution in [3.63, 3.8) is 0 Å². The molecule has 0 unspecified atom stereocenters. The number of ether oxygens (including phenoxy) is 5. The Labute approximate surface area is 204 Å². The summed E-state index contributed by atoms with van der Waals surface area (Å²) in [6, 6.07) is 20.7. The molecule has 0 spiro atoms. The summed E-state index contributed by atoms with van der Waals surface area (Å²) in [5.74, 6) is 1.50. The lowest BCUT2D eigenvalue weighted by Gasteiger charge is -2.10. The Bertz CT molecular complexity index is 1130. The Kier molecular flexibility index (Phi) is 10.1. The average Bonchev–Trinajstić information content (AvgIpc) is 2.85. The summed E-state index contributed by atoms with van der Waals surface area (Å²) in [4.78, 5) is 23.2. The van der Waals surface area contributed by atoms with Crippen molar-refractivity contribution in [2.45, 2.75) is 6.92 Å². The fourth-order valence-electron chi connectivity index (χ4n) is 2.96. The van der Waals surface area contributed by atoms with E-state index in [1.54, 1.807) is 19.1 Å². The molecule has 0 aliphatic heterocycles. The zero-order valence-electron chi connectivity index (χ0n) is 19.7. The first-order valence-corrected chi connectivity index (χ1v) is 11.2. The third kappa shape index (κ3) is 9.11. The highest BCUT2D eigenvalue weighted by Crippen LogP contribution is 2.28. The topological polar surface area (TPSA) is 92.3 Å². The maximum Gasteiger partial charge on any atom is 0.412 e. The van der Waals surface area contributed by atoms with Gasteiger partial charge in [-0.3, -0.25) is 0 Å². The van der Waals surface area contributed by atoms with E-state index >= 15 is 0 Å². The summed E-state index contributed by atoms with van der Waals surface area (Å²) in [6.45, 7) is 6.83. The van der Waals surface area contributed by atoms with Crippen molar-refractivity contribution >= 4 is 22.8 Å². The van der Waals surface area contributed by atoms with Crippen molar-refractivity contribution in [1.82, 2.24) is 5.32 Å². The number of nitrogens with one attached hydrogen (secondary N) is 1. The van der Waals surface area contributed by atoms with Crippen molar-refractivity contribution in [3.05, 3.63) is 78.9 Å². The van der Waals surface area contributed by atoms with Gasteiger partial charge in [-0.25, -0.2) is 9.59 Å². The van der Waals surface area contributed by atoms with Crippen LogP contribution in [-0.2, 0) is 19.0 Å². The molecule has 0 aromatic heterocycles. The van der Waals surface area contributed by atoms with E-state index in [1.807, 2.05) is 54.6 Å². The molecule has 8 heteroatoms. The molecule has 0 saturated heterocycles. The molecule has 3 aromatic rings. The normalized spacial score (nSPS) is 10.5. The molecular formula is C27H29NO7. The van der Waals surface area contributed by atoms with Gasteiger partial charge in [0, 0.05) is 12.1 Å². The molecular weight excluding hydrogens is 450 g/mol. The third-order valence-corrected chi connectivity index (χ3v) is 4.67. The van der Waals surface area contributed by atoms with Gasteiger partial charge in [-0.05, 0) is 54.1 Å². The molecule has 184 valence electrons. The first-order valence-electron chi connectivity index (χ1n) is 11.2. The maximum atomic E-state index is 12.0. The molecule has 3 rings (SSSR count). The molecule has 8 nitrogen and oxygen atoms in total. The number of esters is 1. The molecule has 1 amide bonds. The largest absolute Gasteiger partial charge is 0.460 e. The number of carbonyl (C=O) groups excluding carboxylic acids is 2. The van der Waals surface area contributed by atoms with E-state index in [9.17, 15) is 9.59 Å². The molecule has 0 bridgehead atoms. The monoisotopic (exact) mass is 479 g/mol. The summed E-state index contributed by atoms with van der Waals surface area (Å²) in [7, 11) is 0. The number of carbonyl (C=O) groups is 2. The fourth-order valence-corrected chi connectivity index (χ4v) is 2.96. The summed E-state index contributed by atoms with van der Waals surface area (Å²) in [6.07, 6.45) is -0.562. The van der Waals surface area contributed by atoms with Crippen molar-refractivity contribution in [2.75, 3.05) is 39.6 Å². The zero-order chi connectivity index (χ0) is 24.9. The van der Waals surface area contributed by atoms with Crippen molar-refractivity contribution in [3.8, 4) is 17.2 Å². The summed E-state index contributed by atoms with van der Waals surface area (Å²) < 4.78 is 26.8. The predicted molar refractivity (Wildman–Crippen MR) is 132 cm³/mol. The first-order chi connectivity index (χ1) is 17.0. The highest BCUT2D eigenvalue weighted by Gasteiger charge is 2.06. The third-order valence-electron chi connectivity index (χ3n) is 4.67. The Morgan fingerprint density at radius 2 is 1.40 bits per heavy atom. The van der Waals surface area contributed by atoms with E-state index < -0.39 is 12.1 Å². The second-order valence-corrected chi connectivity index (χ2v) is 7.54. The molecule has 0 saturated carbocycles. The van der Waals surface area contributed by atoms with Gasteiger partial charge in [0.15, 0.2) is 0 Å². The van der Waals surface area contributed by atoms with Crippen LogP contribution in [0.1, 0.15) is 6.92 Å². The SMILES string of the molecule is C=C(C)C(=O)OCCOCCOCCNC(=O)Oc1ccc2cc(Oc3ccccc3)ccc2c1. The van der Waals surface area contributed by atoms with Crippen LogP contribution in [0.4, 0.5) is 4.79 Å². The highest BCUT2D eigenvalue weighted by molar-refractivity contribution is 5.87. The quantitative estimate of drug-likeness (QED) is 0.212. The first kappa shape index (κ1) is 25.7. The number of hydrogen-bond acceptors (Lipinski definition) is 7. The Hall–Kier alpha value is -3.88.